The van der Waals surface area contributed by atoms with E-state index >= 15 is 0 Å². The molecular weight excluding hydrogens is 138 g/mol. The van der Waals surface area contributed by atoms with Crippen molar-refractivity contribution in [2.45, 2.75) is 0 Å². The molecule has 2 N–H and O–H groups in total. The van der Waals surface area contributed by atoms with Gasteiger partial charge in [-0.15, -0.1) is 0 Å². The van der Waals surface area contributed by atoms with Crippen LogP contribution in [0.3, 0.4) is 0 Å². The van der Waals surface area contributed by atoms with Crippen LogP contribution >= 0.6 is 0 Å². The fourth-order valence-electron chi connectivity index (χ4n) is 0.218. The fourth-order valence-corrected chi connectivity index (χ4v) is 0.354. The van der Waals surface area contributed by atoms with Gasteiger partial charge in [0.15, 0.2) is 0 Å². The van der Waals surface area contributed by atoms with Crippen LogP contribution < -0.4 is 5.73 Å². The zero-order valence-electron chi connectivity index (χ0n) is 4.96. The van der Waals surface area contributed by atoms with E-state index in [0.717, 1.165) is 12.2 Å². The molecule has 0 aliphatic carbocycles. The number of nitrogens with two attached hydrogens (primary N) is 1. The second-order valence-electron chi connectivity index (χ2n) is 1.26. The maximum atomic E-state index is 10.2. The monoisotopic (exact) mass is 145 g/mol. The van der Waals surface area contributed by atoms with Gasteiger partial charge in [-0.05, 0) is 0 Å². The summed E-state index contributed by atoms with van der Waals surface area (Å²) < 4.78 is 4.31. The van der Waals surface area contributed by atoms with Crippen molar-refractivity contribution in [3.8, 4) is 0 Å². The summed E-state index contributed by atoms with van der Waals surface area (Å²) in [5.74, 6) is -1.18. The van der Waals surface area contributed by atoms with Gasteiger partial charge in [0.25, 0.3) is 0 Å². The van der Waals surface area contributed by atoms with E-state index in [1.54, 1.807) is 0 Å². The van der Waals surface area contributed by atoms with E-state index in [-0.39, 0.29) is 0 Å². The maximum Gasteiger partial charge on any atom is 0.316 e. The second kappa shape index (κ2) is 3.85. The van der Waals surface area contributed by atoms with Crippen LogP contribution in [0.2, 0.25) is 0 Å². The summed E-state index contributed by atoms with van der Waals surface area (Å²) in [7, 11) is 0.330. The predicted octanol–water partition coefficient (Wildman–Crippen LogP) is -2.15. The molecule has 9 heavy (non-hydrogen) atoms. The lowest BCUT2D eigenvalue weighted by Gasteiger charge is -1.87. The van der Waals surface area contributed by atoms with Crippen molar-refractivity contribution >= 4 is 22.4 Å². The summed E-state index contributed by atoms with van der Waals surface area (Å²) >= 11 is 0. The molecule has 5 heteroatoms. The van der Waals surface area contributed by atoms with Crippen molar-refractivity contribution in [1.29, 1.82) is 0 Å². The smallest absolute Gasteiger partial charge is 0.316 e. The number of rotatable bonds is 2. The first kappa shape index (κ1) is 7.90. The standard InChI is InChI=1S/C4H7NO3Si/c5-3(6)1-2-4(7)8-9/h1-2H,9H3,(H2,5,6). The van der Waals surface area contributed by atoms with Crippen LogP contribution in [-0.4, -0.2) is 22.4 Å². The first-order chi connectivity index (χ1) is 4.16. The molecule has 0 heterocycles. The van der Waals surface area contributed by atoms with Gasteiger partial charge >= 0.3 is 5.97 Å². The van der Waals surface area contributed by atoms with Crippen LogP contribution in [0.5, 0.6) is 0 Å². The number of primary amides is 1. The number of amides is 1. The van der Waals surface area contributed by atoms with Crippen molar-refractivity contribution in [3.63, 3.8) is 0 Å². The molecule has 0 aliphatic heterocycles. The molecule has 0 saturated carbocycles. The van der Waals surface area contributed by atoms with Crippen LogP contribution in [0.25, 0.3) is 0 Å². The molecule has 0 unspecified atom stereocenters. The number of hydrogen-bond acceptors (Lipinski definition) is 3. The second-order valence-corrected chi connectivity index (χ2v) is 1.67. The zero-order chi connectivity index (χ0) is 7.28. The average Bonchev–Trinajstić information content (AvgIpc) is 1.83. The van der Waals surface area contributed by atoms with Crippen LogP contribution in [0.1, 0.15) is 0 Å². The molecule has 50 valence electrons. The van der Waals surface area contributed by atoms with E-state index in [9.17, 15) is 9.59 Å². The minimum Gasteiger partial charge on any atom is -0.526 e. The topological polar surface area (TPSA) is 69.4 Å². The van der Waals surface area contributed by atoms with E-state index in [1.165, 1.54) is 0 Å². The van der Waals surface area contributed by atoms with Crippen LogP contribution in [0.15, 0.2) is 12.2 Å². The van der Waals surface area contributed by atoms with E-state index in [2.05, 4.69) is 10.2 Å². The van der Waals surface area contributed by atoms with Crippen molar-refractivity contribution in [2.24, 2.45) is 5.73 Å². The Hall–Kier alpha value is -1.10. The van der Waals surface area contributed by atoms with Gasteiger partial charge < -0.3 is 10.2 Å². The lowest BCUT2D eigenvalue weighted by Crippen LogP contribution is -2.07. The van der Waals surface area contributed by atoms with Gasteiger partial charge in [0.2, 0.25) is 16.4 Å². The first-order valence-corrected chi connectivity index (χ1v) is 3.04. The molecule has 0 bridgehead atoms. The molecule has 0 fully saturated rings. The van der Waals surface area contributed by atoms with Crippen LogP contribution in [-0.2, 0) is 14.0 Å². The van der Waals surface area contributed by atoms with Crippen molar-refractivity contribution in [3.05, 3.63) is 12.2 Å². The van der Waals surface area contributed by atoms with E-state index in [1.807, 2.05) is 0 Å². The van der Waals surface area contributed by atoms with Crippen LogP contribution in [0, 0.1) is 0 Å². The quantitative estimate of drug-likeness (QED) is 0.356. The molecule has 0 rings (SSSR count). The summed E-state index contributed by atoms with van der Waals surface area (Å²) in [6.45, 7) is 0. The molecule has 0 aliphatic rings. The molecule has 0 radical (unpaired) electrons. The summed E-state index contributed by atoms with van der Waals surface area (Å²) in [6.07, 6.45) is 1.95. The fraction of sp³-hybridized carbons (Fsp3) is 0. The van der Waals surface area contributed by atoms with Gasteiger partial charge in [0.1, 0.15) is 0 Å². The van der Waals surface area contributed by atoms with E-state index < -0.39 is 11.9 Å². The van der Waals surface area contributed by atoms with Gasteiger partial charge in [0.05, 0.1) is 0 Å². The Morgan fingerprint density at radius 3 is 2.33 bits per heavy atom. The van der Waals surface area contributed by atoms with Gasteiger partial charge in [-0.3, -0.25) is 4.79 Å². The third-order valence-electron chi connectivity index (χ3n) is 0.585. The van der Waals surface area contributed by atoms with Crippen molar-refractivity contribution in [1.82, 2.24) is 0 Å². The molecule has 1 amide bonds. The Morgan fingerprint density at radius 1 is 1.44 bits per heavy atom. The summed E-state index contributed by atoms with van der Waals surface area (Å²) in [4.78, 5) is 20.2. The van der Waals surface area contributed by atoms with Gasteiger partial charge in [-0.1, -0.05) is 0 Å². The van der Waals surface area contributed by atoms with Crippen molar-refractivity contribution < 1.29 is 14.0 Å². The summed E-state index contributed by atoms with van der Waals surface area (Å²) in [5, 5.41) is 0. The molecular formula is C4H7NO3Si. The average molecular weight is 145 g/mol. The third-order valence-corrected chi connectivity index (χ3v) is 0.987. The largest absolute Gasteiger partial charge is 0.526 e. The Balaban J connectivity index is 3.71. The Morgan fingerprint density at radius 2 is 2.00 bits per heavy atom. The number of carbonyl (C=O) groups is 2. The highest BCUT2D eigenvalue weighted by molar-refractivity contribution is 6.08. The molecule has 0 saturated heterocycles. The SMILES string of the molecule is NC(=O)C=CC(=O)O[SiH3]. The van der Waals surface area contributed by atoms with Crippen LogP contribution in [0.4, 0.5) is 0 Å². The summed E-state index contributed by atoms with van der Waals surface area (Å²) in [5.41, 5.74) is 4.67. The lowest BCUT2D eigenvalue weighted by atomic mass is 10.5. The number of hydrogen-bond donors (Lipinski definition) is 1. The zero-order valence-corrected chi connectivity index (χ0v) is 6.96. The van der Waals surface area contributed by atoms with Gasteiger partial charge in [-0.2, -0.15) is 0 Å². The normalized spacial score (nSPS) is 9.78. The minimum atomic E-state index is -0.651. The minimum absolute atomic E-state index is 0.330. The highest BCUT2D eigenvalue weighted by Crippen LogP contribution is 1.74. The molecule has 0 aromatic rings. The molecule has 0 spiro atoms. The lowest BCUT2D eigenvalue weighted by molar-refractivity contribution is -0.129. The van der Waals surface area contributed by atoms with Crippen molar-refractivity contribution in [2.75, 3.05) is 0 Å². The Bertz CT molecular complexity index is 154. The maximum absolute atomic E-state index is 10.2. The highest BCUT2D eigenvalue weighted by Gasteiger charge is 1.89. The van der Waals surface area contributed by atoms with Gasteiger partial charge in [0, 0.05) is 12.2 Å². The predicted molar refractivity (Wildman–Crippen MR) is 34.4 cm³/mol. The molecule has 0 aromatic carbocycles. The Labute approximate surface area is 55.2 Å². The first-order valence-electron chi connectivity index (χ1n) is 2.22. The molecule has 4 nitrogen and oxygen atoms in total. The van der Waals surface area contributed by atoms with Gasteiger partial charge in [-0.25, -0.2) is 4.79 Å². The Kier molecular flexibility index (Phi) is 3.37. The molecule has 0 aromatic heterocycles. The summed E-state index contributed by atoms with van der Waals surface area (Å²) in [6, 6.07) is 0. The van der Waals surface area contributed by atoms with E-state index in [0.29, 0.717) is 10.5 Å². The third kappa shape index (κ3) is 4.76. The molecule has 0 atom stereocenters. The number of carbonyl (C=O) groups excluding carboxylic acids is 2. The van der Waals surface area contributed by atoms with E-state index in [4.69, 9.17) is 0 Å². The highest BCUT2D eigenvalue weighted by atomic mass is 28.2.